The van der Waals surface area contributed by atoms with Crippen molar-refractivity contribution in [3.05, 3.63) is 112 Å². The van der Waals surface area contributed by atoms with Crippen LogP contribution in [0.5, 0.6) is 0 Å². The second-order valence-electron chi connectivity index (χ2n) is 8.97. The molecule has 11 heteroatoms. The van der Waals surface area contributed by atoms with E-state index in [1.165, 1.54) is 4.52 Å². The number of para-hydroxylation sites is 1. The number of aromatic nitrogens is 7. The van der Waals surface area contributed by atoms with E-state index in [1.54, 1.807) is 50.4 Å². The molecule has 39 heavy (non-hydrogen) atoms. The summed E-state index contributed by atoms with van der Waals surface area (Å²) in [5.74, 6) is 5.70. The number of rotatable bonds is 4. The molecule has 0 fully saturated rings. The van der Waals surface area contributed by atoms with Gasteiger partial charge in [-0.05, 0) is 61.2 Å². The minimum atomic E-state index is -0.577. The fraction of sp³-hybridized carbons (Fsp3) is 0.107. The van der Waals surface area contributed by atoms with E-state index >= 15 is 0 Å². The van der Waals surface area contributed by atoms with Crippen LogP contribution in [0.2, 0.25) is 0 Å². The first kappa shape index (κ1) is 23.7. The van der Waals surface area contributed by atoms with E-state index in [0.29, 0.717) is 33.9 Å². The lowest BCUT2D eigenvalue weighted by Crippen LogP contribution is -2.34. The number of hydrogen-bond acceptors (Lipinski definition) is 6. The smallest absolute Gasteiger partial charge is 0.338 e. The van der Waals surface area contributed by atoms with Crippen LogP contribution in [0.1, 0.15) is 40.4 Å². The van der Waals surface area contributed by atoms with Crippen LogP contribution in [0.4, 0.5) is 5.82 Å². The molecule has 0 aliphatic carbocycles. The van der Waals surface area contributed by atoms with Crippen LogP contribution >= 0.6 is 0 Å². The van der Waals surface area contributed by atoms with Crippen LogP contribution in [0, 0.1) is 11.8 Å². The average Bonchev–Trinajstić information content (AvgIpc) is 3.63. The Hall–Kier alpha value is -5.63. The molecule has 0 saturated heterocycles. The average molecular weight is 518 g/mol. The Morgan fingerprint density at radius 3 is 2.62 bits per heavy atom. The SMILES string of the molecule is C[C@@H](NC(=O)c1c(N)nn2cccnc12)c1cc2ccc(C#Cc3ccn(C)n3)n2c(=O)n1-c1ccccc1. The summed E-state index contributed by atoms with van der Waals surface area (Å²) in [5, 5.41) is 11.4. The monoisotopic (exact) mass is 517 g/mol. The third-order valence-corrected chi connectivity index (χ3v) is 6.33. The third-order valence-electron chi connectivity index (χ3n) is 6.33. The molecule has 1 amide bonds. The number of carbonyl (C=O) groups excluding carboxylic acids is 1. The van der Waals surface area contributed by atoms with Crippen molar-refractivity contribution in [3.63, 3.8) is 0 Å². The first-order valence-electron chi connectivity index (χ1n) is 12.1. The van der Waals surface area contributed by atoms with Gasteiger partial charge in [-0.25, -0.2) is 14.3 Å². The van der Waals surface area contributed by atoms with E-state index in [-0.39, 0.29) is 17.1 Å². The lowest BCUT2D eigenvalue weighted by atomic mass is 10.1. The molecule has 11 nitrogen and oxygen atoms in total. The Kier molecular flexibility index (Phi) is 5.69. The molecular formula is C28H23N9O2. The van der Waals surface area contributed by atoms with Gasteiger partial charge in [-0.3, -0.25) is 18.4 Å². The third kappa shape index (κ3) is 4.19. The largest absolute Gasteiger partial charge is 0.381 e. The maximum absolute atomic E-state index is 14.0. The Balaban J connectivity index is 1.45. The van der Waals surface area contributed by atoms with Gasteiger partial charge in [0, 0.05) is 25.6 Å². The van der Waals surface area contributed by atoms with Crippen molar-refractivity contribution in [2.24, 2.45) is 7.05 Å². The molecule has 192 valence electrons. The van der Waals surface area contributed by atoms with Gasteiger partial charge in [-0.15, -0.1) is 5.10 Å². The fourth-order valence-corrected chi connectivity index (χ4v) is 4.53. The molecular weight excluding hydrogens is 494 g/mol. The summed E-state index contributed by atoms with van der Waals surface area (Å²) in [6.45, 7) is 1.81. The molecule has 5 heterocycles. The summed E-state index contributed by atoms with van der Waals surface area (Å²) < 4.78 is 6.24. The minimum Gasteiger partial charge on any atom is -0.381 e. The number of nitrogens with one attached hydrogen (secondary N) is 1. The fourth-order valence-electron chi connectivity index (χ4n) is 4.53. The second-order valence-corrected chi connectivity index (χ2v) is 8.97. The minimum absolute atomic E-state index is 0.0667. The molecule has 1 aromatic carbocycles. The Morgan fingerprint density at radius 2 is 1.85 bits per heavy atom. The predicted octanol–water partition coefficient (Wildman–Crippen LogP) is 2.34. The van der Waals surface area contributed by atoms with Crippen LogP contribution in [-0.2, 0) is 7.05 Å². The summed E-state index contributed by atoms with van der Waals surface area (Å²) in [4.78, 5) is 31.6. The van der Waals surface area contributed by atoms with Gasteiger partial charge in [0.05, 0.1) is 22.9 Å². The summed E-state index contributed by atoms with van der Waals surface area (Å²) in [5.41, 5.74) is 9.26. The first-order valence-corrected chi connectivity index (χ1v) is 12.1. The number of benzene rings is 1. The summed E-state index contributed by atoms with van der Waals surface area (Å²) in [6, 6.07) is 17.6. The van der Waals surface area contributed by atoms with Crippen molar-refractivity contribution in [3.8, 4) is 17.5 Å². The number of hydrogen-bond donors (Lipinski definition) is 2. The van der Waals surface area contributed by atoms with Crippen LogP contribution < -0.4 is 16.7 Å². The van der Waals surface area contributed by atoms with E-state index < -0.39 is 11.9 Å². The molecule has 5 aromatic heterocycles. The molecule has 6 rings (SSSR count). The molecule has 0 radical (unpaired) electrons. The van der Waals surface area contributed by atoms with Gasteiger partial charge in [-0.2, -0.15) is 5.10 Å². The summed E-state index contributed by atoms with van der Waals surface area (Å²) >= 11 is 0. The highest BCUT2D eigenvalue weighted by Gasteiger charge is 2.24. The lowest BCUT2D eigenvalue weighted by molar-refractivity contribution is 0.0941. The van der Waals surface area contributed by atoms with Gasteiger partial charge in [0.15, 0.2) is 11.5 Å². The summed E-state index contributed by atoms with van der Waals surface area (Å²) in [7, 11) is 1.82. The normalized spacial score (nSPS) is 11.8. The molecule has 0 saturated carbocycles. The van der Waals surface area contributed by atoms with Crippen molar-refractivity contribution in [1.82, 2.24) is 38.7 Å². The number of nitrogens with two attached hydrogens (primary N) is 1. The van der Waals surface area contributed by atoms with E-state index in [1.807, 2.05) is 56.4 Å². The zero-order valence-electron chi connectivity index (χ0n) is 21.1. The van der Waals surface area contributed by atoms with Crippen LogP contribution in [0.25, 0.3) is 16.9 Å². The van der Waals surface area contributed by atoms with Gasteiger partial charge in [-0.1, -0.05) is 18.2 Å². The van der Waals surface area contributed by atoms with Gasteiger partial charge < -0.3 is 11.1 Å². The number of amides is 1. The number of fused-ring (bicyclic) bond motifs is 2. The van der Waals surface area contributed by atoms with E-state index in [4.69, 9.17) is 5.73 Å². The van der Waals surface area contributed by atoms with E-state index in [2.05, 4.69) is 32.3 Å². The molecule has 0 bridgehead atoms. The number of nitrogens with zero attached hydrogens (tertiary/aromatic N) is 7. The quantitative estimate of drug-likeness (QED) is 0.345. The van der Waals surface area contributed by atoms with Gasteiger partial charge in [0.25, 0.3) is 5.91 Å². The maximum Gasteiger partial charge on any atom is 0.338 e. The van der Waals surface area contributed by atoms with E-state index in [0.717, 1.165) is 0 Å². The second kappa shape index (κ2) is 9.35. The molecule has 1 atom stereocenters. The highest BCUT2D eigenvalue weighted by atomic mass is 16.2. The topological polar surface area (TPSA) is 130 Å². The Labute approximate surface area is 222 Å². The van der Waals surface area contributed by atoms with Gasteiger partial charge in [0.1, 0.15) is 17.0 Å². The maximum atomic E-state index is 14.0. The molecule has 0 aliphatic rings. The first-order chi connectivity index (χ1) is 18.9. The van der Waals surface area contributed by atoms with Crippen molar-refractivity contribution < 1.29 is 4.79 Å². The zero-order valence-corrected chi connectivity index (χ0v) is 21.1. The van der Waals surface area contributed by atoms with Crippen LogP contribution in [0.15, 0.2) is 84.0 Å². The highest BCUT2D eigenvalue weighted by Crippen LogP contribution is 2.22. The van der Waals surface area contributed by atoms with Crippen molar-refractivity contribution in [1.29, 1.82) is 0 Å². The zero-order chi connectivity index (χ0) is 27.1. The summed E-state index contributed by atoms with van der Waals surface area (Å²) in [6.07, 6.45) is 5.04. The standard InChI is InChI=1S/C28H23N9O2/c1-18(31-27(38)24-25(29)33-35-15-6-14-30-26(24)35)23-17-22-12-11-21(10-9-19-13-16-34(2)32-19)36(22)28(39)37(23)20-7-4-3-5-8-20/h3-8,11-18H,1-2H3,(H2,29,33)(H,31,38)/t18-/m1/s1. The van der Waals surface area contributed by atoms with Gasteiger partial charge >= 0.3 is 5.69 Å². The van der Waals surface area contributed by atoms with Crippen LogP contribution in [-0.4, -0.2) is 39.3 Å². The molecule has 0 unspecified atom stereocenters. The van der Waals surface area contributed by atoms with Crippen molar-refractivity contribution in [2.45, 2.75) is 13.0 Å². The Morgan fingerprint density at radius 1 is 1.03 bits per heavy atom. The highest BCUT2D eigenvalue weighted by molar-refractivity contribution is 6.04. The molecule has 6 aromatic rings. The lowest BCUT2D eigenvalue weighted by Gasteiger charge is -2.20. The number of nitrogen functional groups attached to an aromatic ring is 1. The predicted molar refractivity (Wildman–Crippen MR) is 145 cm³/mol. The number of aryl methyl sites for hydroxylation is 1. The molecule has 0 aliphatic heterocycles. The van der Waals surface area contributed by atoms with Crippen molar-refractivity contribution >= 4 is 22.9 Å². The van der Waals surface area contributed by atoms with E-state index in [9.17, 15) is 9.59 Å². The number of carbonyl (C=O) groups is 1. The number of anilines is 1. The Bertz CT molecular complexity index is 1980. The molecule has 0 spiro atoms. The van der Waals surface area contributed by atoms with Crippen LogP contribution in [0.3, 0.4) is 0 Å². The van der Waals surface area contributed by atoms with Gasteiger partial charge in [0.2, 0.25) is 0 Å². The molecule has 3 N–H and O–H groups in total. The van der Waals surface area contributed by atoms with Crippen molar-refractivity contribution in [2.75, 3.05) is 5.73 Å².